The molecule has 1 aromatic rings. The van der Waals surface area contributed by atoms with Crippen LogP contribution in [0.2, 0.25) is 0 Å². The maximum absolute atomic E-state index is 13.7. The van der Waals surface area contributed by atoms with Crippen molar-refractivity contribution in [3.8, 4) is 6.07 Å². The van der Waals surface area contributed by atoms with Gasteiger partial charge in [0.05, 0.1) is 23.4 Å². The van der Waals surface area contributed by atoms with Gasteiger partial charge in [0.25, 0.3) is 0 Å². The van der Waals surface area contributed by atoms with Crippen LogP contribution in [0, 0.1) is 17.1 Å². The molecule has 0 aliphatic carbocycles. The zero-order chi connectivity index (χ0) is 14.5. The molecule has 20 heavy (non-hydrogen) atoms. The predicted molar refractivity (Wildman–Crippen MR) is 73.6 cm³/mol. The van der Waals surface area contributed by atoms with E-state index in [4.69, 9.17) is 5.26 Å². The lowest BCUT2D eigenvalue weighted by Crippen LogP contribution is -2.51. The monoisotopic (exact) mass is 276 g/mol. The lowest BCUT2D eigenvalue weighted by atomic mass is 10.2. The van der Waals surface area contributed by atoms with Crippen LogP contribution >= 0.6 is 0 Å². The summed E-state index contributed by atoms with van der Waals surface area (Å²) < 4.78 is 13.7. The summed E-state index contributed by atoms with van der Waals surface area (Å²) in [6.07, 6.45) is 0. The van der Waals surface area contributed by atoms with E-state index >= 15 is 0 Å². The van der Waals surface area contributed by atoms with Crippen molar-refractivity contribution in [3.63, 3.8) is 0 Å². The molecule has 1 aliphatic heterocycles. The van der Waals surface area contributed by atoms with Crippen LogP contribution in [-0.2, 0) is 4.79 Å². The second kappa shape index (κ2) is 6.46. The molecular formula is C14H17FN4O. The van der Waals surface area contributed by atoms with Crippen LogP contribution in [-0.4, -0.2) is 43.0 Å². The van der Waals surface area contributed by atoms with Crippen molar-refractivity contribution in [2.24, 2.45) is 0 Å². The SMILES string of the molecule is CC(C(=O)Nc1ccc(C#N)cc1F)N1CCNCC1. The number of benzene rings is 1. The Bertz CT molecular complexity index is 534. The molecule has 2 rings (SSSR count). The first kappa shape index (κ1) is 14.4. The number of hydrogen-bond acceptors (Lipinski definition) is 4. The van der Waals surface area contributed by atoms with E-state index in [2.05, 4.69) is 10.6 Å². The summed E-state index contributed by atoms with van der Waals surface area (Å²) in [5.74, 6) is -0.833. The van der Waals surface area contributed by atoms with Crippen LogP contribution in [0.3, 0.4) is 0 Å². The van der Waals surface area contributed by atoms with Crippen molar-refractivity contribution in [2.45, 2.75) is 13.0 Å². The van der Waals surface area contributed by atoms with Gasteiger partial charge < -0.3 is 10.6 Å². The molecule has 106 valence electrons. The van der Waals surface area contributed by atoms with Crippen molar-refractivity contribution in [3.05, 3.63) is 29.6 Å². The molecule has 6 heteroatoms. The number of anilines is 1. The number of rotatable bonds is 3. The van der Waals surface area contributed by atoms with Gasteiger partial charge in [-0.25, -0.2) is 4.39 Å². The first-order chi connectivity index (χ1) is 9.61. The summed E-state index contributed by atoms with van der Waals surface area (Å²) in [6.45, 7) is 5.10. The topological polar surface area (TPSA) is 68.2 Å². The molecule has 1 aromatic carbocycles. The molecule has 0 saturated carbocycles. The second-order valence-electron chi connectivity index (χ2n) is 4.76. The highest BCUT2D eigenvalue weighted by Gasteiger charge is 2.23. The minimum atomic E-state index is -0.593. The van der Waals surface area contributed by atoms with E-state index < -0.39 is 5.82 Å². The van der Waals surface area contributed by atoms with Gasteiger partial charge in [-0.3, -0.25) is 9.69 Å². The van der Waals surface area contributed by atoms with E-state index in [9.17, 15) is 9.18 Å². The van der Waals surface area contributed by atoms with Crippen LogP contribution in [0.4, 0.5) is 10.1 Å². The third-order valence-corrected chi connectivity index (χ3v) is 3.43. The molecule has 1 fully saturated rings. The lowest BCUT2D eigenvalue weighted by molar-refractivity contribution is -0.121. The van der Waals surface area contributed by atoms with Gasteiger partial charge in [-0.2, -0.15) is 5.26 Å². The van der Waals surface area contributed by atoms with Crippen LogP contribution in [0.5, 0.6) is 0 Å². The highest BCUT2D eigenvalue weighted by molar-refractivity contribution is 5.94. The maximum atomic E-state index is 13.7. The van der Waals surface area contributed by atoms with Gasteiger partial charge in [-0.15, -0.1) is 0 Å². The van der Waals surface area contributed by atoms with Gasteiger partial charge >= 0.3 is 0 Å². The molecule has 0 aromatic heterocycles. The average molecular weight is 276 g/mol. The summed E-state index contributed by atoms with van der Waals surface area (Å²) in [6, 6.07) is 5.55. The Balaban J connectivity index is 2.02. The molecule has 0 radical (unpaired) electrons. The van der Waals surface area contributed by atoms with Crippen molar-refractivity contribution in [1.29, 1.82) is 5.26 Å². The van der Waals surface area contributed by atoms with Crippen LogP contribution in [0.15, 0.2) is 18.2 Å². The Morgan fingerprint density at radius 1 is 1.50 bits per heavy atom. The Morgan fingerprint density at radius 2 is 2.20 bits per heavy atom. The fraction of sp³-hybridized carbons (Fsp3) is 0.429. The highest BCUT2D eigenvalue weighted by atomic mass is 19.1. The maximum Gasteiger partial charge on any atom is 0.241 e. The van der Waals surface area contributed by atoms with Crippen LogP contribution in [0.25, 0.3) is 0 Å². The zero-order valence-corrected chi connectivity index (χ0v) is 11.3. The van der Waals surface area contributed by atoms with Gasteiger partial charge in [-0.05, 0) is 25.1 Å². The normalized spacial score (nSPS) is 17.2. The molecule has 1 aliphatic rings. The third kappa shape index (κ3) is 3.32. The van der Waals surface area contributed by atoms with E-state index in [-0.39, 0.29) is 23.2 Å². The predicted octanol–water partition coefficient (Wildman–Crippen LogP) is 0.930. The summed E-state index contributed by atoms with van der Waals surface area (Å²) in [5, 5.41) is 14.5. The quantitative estimate of drug-likeness (QED) is 0.862. The second-order valence-corrected chi connectivity index (χ2v) is 4.76. The minimum Gasteiger partial charge on any atom is -0.322 e. The van der Waals surface area contributed by atoms with Crippen molar-refractivity contribution in [2.75, 3.05) is 31.5 Å². The minimum absolute atomic E-state index is 0.107. The Morgan fingerprint density at radius 3 is 2.80 bits per heavy atom. The molecule has 2 N–H and O–H groups in total. The van der Waals surface area contributed by atoms with Crippen LogP contribution < -0.4 is 10.6 Å². The molecule has 1 atom stereocenters. The number of nitrogens with one attached hydrogen (secondary N) is 2. The van der Waals surface area contributed by atoms with Gasteiger partial charge in [0.1, 0.15) is 5.82 Å². The first-order valence-electron chi connectivity index (χ1n) is 6.57. The van der Waals surface area contributed by atoms with Crippen molar-refractivity contribution >= 4 is 11.6 Å². The molecule has 0 bridgehead atoms. The molecule has 5 nitrogen and oxygen atoms in total. The van der Waals surface area contributed by atoms with Gasteiger partial charge in [0.2, 0.25) is 5.91 Å². The van der Waals surface area contributed by atoms with E-state index in [0.717, 1.165) is 32.2 Å². The van der Waals surface area contributed by atoms with Crippen molar-refractivity contribution < 1.29 is 9.18 Å². The van der Waals surface area contributed by atoms with Gasteiger partial charge in [0.15, 0.2) is 0 Å². The zero-order valence-electron chi connectivity index (χ0n) is 11.3. The molecule has 1 unspecified atom stereocenters. The summed E-state index contributed by atoms with van der Waals surface area (Å²) in [4.78, 5) is 14.2. The van der Waals surface area contributed by atoms with E-state index in [0.29, 0.717) is 0 Å². The summed E-state index contributed by atoms with van der Waals surface area (Å²) in [7, 11) is 0. The fourth-order valence-corrected chi connectivity index (χ4v) is 2.16. The number of amides is 1. The summed E-state index contributed by atoms with van der Waals surface area (Å²) in [5.41, 5.74) is 0.339. The Hall–Kier alpha value is -1.97. The van der Waals surface area contributed by atoms with E-state index in [1.807, 2.05) is 17.9 Å². The van der Waals surface area contributed by atoms with Crippen LogP contribution in [0.1, 0.15) is 12.5 Å². The number of nitrogens with zero attached hydrogens (tertiary/aromatic N) is 2. The lowest BCUT2D eigenvalue weighted by Gasteiger charge is -2.31. The highest BCUT2D eigenvalue weighted by Crippen LogP contribution is 2.16. The Kier molecular flexibility index (Phi) is 4.66. The molecule has 1 saturated heterocycles. The molecule has 1 amide bonds. The standard InChI is InChI=1S/C14H17FN4O/c1-10(19-6-4-17-5-7-19)14(20)18-13-3-2-11(9-16)8-12(13)15/h2-3,8,10,17H,4-7H2,1H3,(H,18,20). The number of carbonyl (C=O) groups is 1. The van der Waals surface area contributed by atoms with E-state index in [1.165, 1.54) is 12.1 Å². The number of hydrogen-bond donors (Lipinski definition) is 2. The van der Waals surface area contributed by atoms with Gasteiger partial charge in [-0.1, -0.05) is 0 Å². The largest absolute Gasteiger partial charge is 0.322 e. The smallest absolute Gasteiger partial charge is 0.241 e. The first-order valence-corrected chi connectivity index (χ1v) is 6.57. The van der Waals surface area contributed by atoms with Crippen molar-refractivity contribution in [1.82, 2.24) is 10.2 Å². The van der Waals surface area contributed by atoms with E-state index in [1.54, 1.807) is 0 Å². The Labute approximate surface area is 117 Å². The fourth-order valence-electron chi connectivity index (χ4n) is 2.16. The number of piperazine rings is 1. The molecular weight excluding hydrogens is 259 g/mol. The van der Waals surface area contributed by atoms with Gasteiger partial charge in [0, 0.05) is 26.2 Å². The number of halogens is 1. The third-order valence-electron chi connectivity index (χ3n) is 3.43. The average Bonchev–Trinajstić information content (AvgIpc) is 2.49. The summed E-state index contributed by atoms with van der Waals surface area (Å²) >= 11 is 0. The number of carbonyl (C=O) groups excluding carboxylic acids is 1. The molecule has 1 heterocycles. The number of nitriles is 1. The molecule has 0 spiro atoms.